The predicted octanol–water partition coefficient (Wildman–Crippen LogP) is 3.87. The van der Waals surface area contributed by atoms with Crippen LogP contribution in [0, 0.1) is 0 Å². The summed E-state index contributed by atoms with van der Waals surface area (Å²) in [4.78, 5) is 25.1. The Bertz CT molecular complexity index is 1260. The van der Waals surface area contributed by atoms with Gasteiger partial charge in [0, 0.05) is 11.8 Å². The quantitative estimate of drug-likeness (QED) is 0.454. The second kappa shape index (κ2) is 8.17. The number of nitrogens with zero attached hydrogens (tertiary/aromatic N) is 4. The number of carbonyl (C=O) groups is 1. The number of hydrogen-bond donors (Lipinski definition) is 2. The van der Waals surface area contributed by atoms with E-state index >= 15 is 0 Å². The lowest BCUT2D eigenvalue weighted by molar-refractivity contribution is -0.115. The van der Waals surface area contributed by atoms with Gasteiger partial charge in [0.2, 0.25) is 5.91 Å². The minimum Gasteiger partial charge on any atom is -0.497 e. The van der Waals surface area contributed by atoms with Gasteiger partial charge in [0.15, 0.2) is 5.65 Å². The maximum atomic E-state index is 12.4. The highest BCUT2D eigenvalue weighted by Gasteiger charge is 2.14. The summed E-state index contributed by atoms with van der Waals surface area (Å²) in [6, 6.07) is 8.54. The Morgan fingerprint density at radius 2 is 2.03 bits per heavy atom. The maximum Gasteiger partial charge on any atom is 0.230 e. The third-order valence-electron chi connectivity index (χ3n) is 4.39. The molecule has 3 aromatic heterocycles. The molecule has 8 nitrogen and oxygen atoms in total. The van der Waals surface area contributed by atoms with E-state index in [0.29, 0.717) is 27.8 Å². The van der Waals surface area contributed by atoms with Crippen LogP contribution in [0.2, 0.25) is 10.2 Å². The molecule has 1 amide bonds. The summed E-state index contributed by atoms with van der Waals surface area (Å²) in [6.07, 6.45) is 5.12. The van der Waals surface area contributed by atoms with Crippen molar-refractivity contribution in [1.29, 1.82) is 0 Å². The van der Waals surface area contributed by atoms with Crippen molar-refractivity contribution in [3.05, 3.63) is 64.8 Å². The number of amides is 1. The summed E-state index contributed by atoms with van der Waals surface area (Å²) in [5.74, 6) is 0.514. The normalized spacial score (nSPS) is 10.9. The van der Waals surface area contributed by atoms with Crippen molar-refractivity contribution in [2.24, 2.45) is 0 Å². The fourth-order valence-electron chi connectivity index (χ4n) is 3.00. The number of aromatic nitrogens is 4. The summed E-state index contributed by atoms with van der Waals surface area (Å²) < 4.78 is 7.04. The Morgan fingerprint density at radius 1 is 1.20 bits per heavy atom. The standard InChI is InChI=1S/C20H16Cl2N6O2/c1-30-12-2-3-13(14(21)7-12)16-8-24-9-18-25-11(10-28(16)18)6-19(29)26-15-4-5-17(22)27-20(15)23/h2-5,7-10H,6H2,1H3,(H2,23,27)(H,26,29). The van der Waals surface area contributed by atoms with Crippen molar-refractivity contribution in [1.82, 2.24) is 19.4 Å². The predicted molar refractivity (Wildman–Crippen MR) is 116 cm³/mol. The molecule has 3 heterocycles. The van der Waals surface area contributed by atoms with Gasteiger partial charge in [0.05, 0.1) is 48.0 Å². The number of rotatable bonds is 5. The average Bonchev–Trinajstić information content (AvgIpc) is 3.12. The van der Waals surface area contributed by atoms with Gasteiger partial charge in [0.25, 0.3) is 0 Å². The van der Waals surface area contributed by atoms with Gasteiger partial charge in [-0.05, 0) is 30.3 Å². The first-order chi connectivity index (χ1) is 14.4. The number of halogens is 2. The van der Waals surface area contributed by atoms with Gasteiger partial charge in [-0.15, -0.1) is 0 Å². The highest BCUT2D eigenvalue weighted by Crippen LogP contribution is 2.31. The number of nitrogens with two attached hydrogens (primary N) is 1. The first kappa shape index (κ1) is 19.9. The van der Waals surface area contributed by atoms with Gasteiger partial charge in [-0.25, -0.2) is 9.97 Å². The van der Waals surface area contributed by atoms with Crippen LogP contribution in [-0.2, 0) is 11.2 Å². The first-order valence-electron chi connectivity index (χ1n) is 8.82. The minimum atomic E-state index is -0.286. The number of methoxy groups -OCH3 is 1. The molecule has 0 saturated heterocycles. The van der Waals surface area contributed by atoms with Crippen LogP contribution < -0.4 is 15.8 Å². The maximum absolute atomic E-state index is 12.4. The lowest BCUT2D eigenvalue weighted by Crippen LogP contribution is -2.16. The smallest absolute Gasteiger partial charge is 0.230 e. The number of nitrogens with one attached hydrogen (secondary N) is 1. The van der Waals surface area contributed by atoms with Gasteiger partial charge in [-0.2, -0.15) is 0 Å². The number of carbonyl (C=O) groups excluding carboxylic acids is 1. The minimum absolute atomic E-state index is 0.0412. The zero-order valence-corrected chi connectivity index (χ0v) is 17.3. The Kier molecular flexibility index (Phi) is 5.43. The number of hydrogen-bond acceptors (Lipinski definition) is 6. The molecule has 0 fully saturated rings. The summed E-state index contributed by atoms with van der Waals surface area (Å²) in [6.45, 7) is 0. The number of anilines is 2. The monoisotopic (exact) mass is 442 g/mol. The number of ether oxygens (including phenoxy) is 1. The number of nitrogen functional groups attached to an aromatic ring is 1. The SMILES string of the molecule is COc1ccc(-c2cncc3nc(CC(=O)Nc4ccc(Cl)nc4N)cn23)c(Cl)c1. The molecular weight excluding hydrogens is 427 g/mol. The third kappa shape index (κ3) is 4.00. The molecule has 4 rings (SSSR count). The van der Waals surface area contributed by atoms with Crippen LogP contribution in [0.3, 0.4) is 0 Å². The van der Waals surface area contributed by atoms with E-state index in [1.807, 2.05) is 16.5 Å². The lowest BCUT2D eigenvalue weighted by Gasteiger charge is -2.08. The van der Waals surface area contributed by atoms with E-state index in [-0.39, 0.29) is 23.3 Å². The fraction of sp³-hybridized carbons (Fsp3) is 0.100. The van der Waals surface area contributed by atoms with Crippen LogP contribution in [0.4, 0.5) is 11.5 Å². The lowest BCUT2D eigenvalue weighted by atomic mass is 10.1. The number of imidazole rings is 1. The van der Waals surface area contributed by atoms with Crippen LogP contribution in [0.15, 0.2) is 48.9 Å². The van der Waals surface area contributed by atoms with Gasteiger partial charge in [0.1, 0.15) is 16.7 Å². The largest absolute Gasteiger partial charge is 0.497 e. The number of pyridine rings is 1. The summed E-state index contributed by atoms with van der Waals surface area (Å²) >= 11 is 12.2. The van der Waals surface area contributed by atoms with E-state index in [9.17, 15) is 4.79 Å². The molecule has 0 aliphatic heterocycles. The Morgan fingerprint density at radius 3 is 2.77 bits per heavy atom. The summed E-state index contributed by atoms with van der Waals surface area (Å²) in [7, 11) is 1.58. The summed E-state index contributed by atoms with van der Waals surface area (Å²) in [5, 5.41) is 3.48. The van der Waals surface area contributed by atoms with Gasteiger partial charge in [-0.1, -0.05) is 23.2 Å². The van der Waals surface area contributed by atoms with Crippen LogP contribution in [0.5, 0.6) is 5.75 Å². The first-order valence-corrected chi connectivity index (χ1v) is 9.58. The van der Waals surface area contributed by atoms with Crippen LogP contribution in [-0.4, -0.2) is 32.4 Å². The van der Waals surface area contributed by atoms with Crippen molar-refractivity contribution >= 4 is 46.3 Å². The average molecular weight is 443 g/mol. The molecule has 0 unspecified atom stereocenters. The molecule has 1 aromatic carbocycles. The van der Waals surface area contributed by atoms with Gasteiger partial charge in [-0.3, -0.25) is 14.2 Å². The van der Waals surface area contributed by atoms with E-state index < -0.39 is 0 Å². The van der Waals surface area contributed by atoms with Gasteiger partial charge >= 0.3 is 0 Å². The van der Waals surface area contributed by atoms with E-state index in [1.54, 1.807) is 43.9 Å². The number of fused-ring (bicyclic) bond motifs is 1. The topological polar surface area (TPSA) is 107 Å². The second-order valence-corrected chi connectivity index (χ2v) is 7.18. The molecule has 0 saturated carbocycles. The molecule has 0 spiro atoms. The molecule has 0 radical (unpaired) electrons. The van der Waals surface area contributed by atoms with Crippen molar-refractivity contribution in [2.75, 3.05) is 18.2 Å². The molecule has 0 bridgehead atoms. The zero-order chi connectivity index (χ0) is 21.3. The Balaban J connectivity index is 1.61. The second-order valence-electron chi connectivity index (χ2n) is 6.39. The molecule has 0 atom stereocenters. The Hall–Kier alpha value is -3.36. The molecule has 3 N–H and O–H groups in total. The van der Waals surface area contributed by atoms with E-state index in [1.165, 1.54) is 0 Å². The van der Waals surface area contributed by atoms with Crippen molar-refractivity contribution < 1.29 is 9.53 Å². The molecule has 0 aliphatic carbocycles. The van der Waals surface area contributed by atoms with E-state index in [4.69, 9.17) is 33.7 Å². The molecule has 152 valence electrons. The van der Waals surface area contributed by atoms with E-state index in [2.05, 4.69) is 20.3 Å². The van der Waals surface area contributed by atoms with Crippen LogP contribution in [0.1, 0.15) is 5.69 Å². The van der Waals surface area contributed by atoms with E-state index in [0.717, 1.165) is 11.3 Å². The molecule has 0 aliphatic rings. The van der Waals surface area contributed by atoms with Crippen molar-refractivity contribution in [3.63, 3.8) is 0 Å². The molecule has 10 heteroatoms. The van der Waals surface area contributed by atoms with Crippen molar-refractivity contribution in [2.45, 2.75) is 6.42 Å². The highest BCUT2D eigenvalue weighted by molar-refractivity contribution is 6.33. The molecule has 4 aromatic rings. The van der Waals surface area contributed by atoms with Gasteiger partial charge < -0.3 is 15.8 Å². The highest BCUT2D eigenvalue weighted by atomic mass is 35.5. The molecular formula is C20H16Cl2N6O2. The fourth-order valence-corrected chi connectivity index (χ4v) is 3.42. The van der Waals surface area contributed by atoms with Crippen LogP contribution >= 0.6 is 23.2 Å². The number of benzene rings is 1. The zero-order valence-electron chi connectivity index (χ0n) is 15.8. The molecule has 30 heavy (non-hydrogen) atoms. The Labute approximate surface area is 181 Å². The third-order valence-corrected chi connectivity index (χ3v) is 4.91. The van der Waals surface area contributed by atoms with Crippen LogP contribution in [0.25, 0.3) is 16.9 Å². The van der Waals surface area contributed by atoms with Crippen molar-refractivity contribution in [3.8, 4) is 17.0 Å². The summed E-state index contributed by atoms with van der Waals surface area (Å²) in [5.41, 5.74) is 8.84.